The minimum atomic E-state index is -0.698. The Morgan fingerprint density at radius 2 is 1.90 bits per heavy atom. The van der Waals surface area contributed by atoms with Crippen LogP contribution in [0.15, 0.2) is 30.3 Å². The molecule has 1 heterocycles. The molecular formula is C22H33N3O5. The number of carbonyl (C=O) groups excluding carboxylic acids is 3. The molecule has 0 spiro atoms. The predicted octanol–water partition coefficient (Wildman–Crippen LogP) is 2.57. The molecule has 1 unspecified atom stereocenters. The van der Waals surface area contributed by atoms with Gasteiger partial charge in [0.1, 0.15) is 17.7 Å². The van der Waals surface area contributed by atoms with Gasteiger partial charge in [0, 0.05) is 6.54 Å². The molecule has 8 nitrogen and oxygen atoms in total. The van der Waals surface area contributed by atoms with Crippen LogP contribution in [0.2, 0.25) is 0 Å². The van der Waals surface area contributed by atoms with E-state index in [0.29, 0.717) is 32.2 Å². The molecule has 2 N–H and O–H groups in total. The van der Waals surface area contributed by atoms with Gasteiger partial charge in [-0.2, -0.15) is 0 Å². The number of likely N-dealkylation sites (tertiary alicyclic amines) is 1. The first-order valence-corrected chi connectivity index (χ1v) is 10.5. The van der Waals surface area contributed by atoms with Crippen LogP contribution in [-0.4, -0.2) is 53.7 Å². The van der Waals surface area contributed by atoms with E-state index in [-0.39, 0.29) is 6.61 Å². The van der Waals surface area contributed by atoms with E-state index in [0.717, 1.165) is 5.56 Å². The first kappa shape index (κ1) is 23.7. The smallest absolute Gasteiger partial charge is 0.332 e. The minimum absolute atomic E-state index is 0.253. The van der Waals surface area contributed by atoms with Gasteiger partial charge in [-0.3, -0.25) is 10.2 Å². The third kappa shape index (κ3) is 7.33. The van der Waals surface area contributed by atoms with Gasteiger partial charge in [-0.15, -0.1) is 0 Å². The molecule has 2 atom stereocenters. The van der Waals surface area contributed by atoms with E-state index in [1.165, 1.54) is 4.90 Å². The van der Waals surface area contributed by atoms with Crippen LogP contribution >= 0.6 is 0 Å². The Bertz CT molecular complexity index is 717. The van der Waals surface area contributed by atoms with Gasteiger partial charge < -0.3 is 14.4 Å². The molecule has 1 aliphatic rings. The largest absolute Gasteiger partial charge is 0.465 e. The van der Waals surface area contributed by atoms with E-state index in [9.17, 15) is 14.4 Å². The molecule has 166 valence electrons. The molecule has 2 rings (SSSR count). The molecule has 1 aliphatic heterocycles. The van der Waals surface area contributed by atoms with E-state index >= 15 is 0 Å². The molecule has 0 bridgehead atoms. The summed E-state index contributed by atoms with van der Waals surface area (Å²) in [6, 6.07) is 7.99. The third-order valence-corrected chi connectivity index (χ3v) is 4.68. The second kappa shape index (κ2) is 11.0. The van der Waals surface area contributed by atoms with Crippen LogP contribution in [0.4, 0.5) is 4.79 Å². The van der Waals surface area contributed by atoms with Crippen LogP contribution in [0.5, 0.6) is 0 Å². The van der Waals surface area contributed by atoms with Crippen molar-refractivity contribution < 1.29 is 23.9 Å². The fraction of sp³-hybridized carbons (Fsp3) is 0.591. The van der Waals surface area contributed by atoms with Crippen molar-refractivity contribution in [1.29, 1.82) is 0 Å². The fourth-order valence-electron chi connectivity index (χ4n) is 3.29. The number of urea groups is 1. The van der Waals surface area contributed by atoms with Crippen molar-refractivity contribution >= 4 is 18.0 Å². The number of amides is 2. The summed E-state index contributed by atoms with van der Waals surface area (Å²) < 4.78 is 10.6. The van der Waals surface area contributed by atoms with E-state index in [4.69, 9.17) is 9.47 Å². The van der Waals surface area contributed by atoms with Crippen LogP contribution < -0.4 is 10.9 Å². The lowest BCUT2D eigenvalue weighted by Crippen LogP contribution is -2.55. The zero-order chi connectivity index (χ0) is 22.1. The van der Waals surface area contributed by atoms with Gasteiger partial charge in [-0.1, -0.05) is 30.3 Å². The Morgan fingerprint density at radius 1 is 1.20 bits per heavy atom. The third-order valence-electron chi connectivity index (χ3n) is 4.68. The number of hydrogen-bond acceptors (Lipinski definition) is 6. The predicted molar refractivity (Wildman–Crippen MR) is 112 cm³/mol. The van der Waals surface area contributed by atoms with Crippen LogP contribution in [0.1, 0.15) is 52.5 Å². The molecule has 8 heteroatoms. The lowest BCUT2D eigenvalue weighted by atomic mass is 10.1. The van der Waals surface area contributed by atoms with E-state index in [2.05, 4.69) is 10.9 Å². The van der Waals surface area contributed by atoms with Gasteiger partial charge in [-0.05, 0) is 58.9 Å². The number of esters is 2. The summed E-state index contributed by atoms with van der Waals surface area (Å²) in [4.78, 5) is 38.9. The normalized spacial score (nSPS) is 17.3. The molecule has 0 aromatic heterocycles. The first-order valence-electron chi connectivity index (χ1n) is 10.5. The highest BCUT2D eigenvalue weighted by molar-refractivity contribution is 5.84. The number of nitrogens with zero attached hydrogens (tertiary/aromatic N) is 1. The maximum atomic E-state index is 12.7. The topological polar surface area (TPSA) is 97.0 Å². The van der Waals surface area contributed by atoms with Gasteiger partial charge in [0.15, 0.2) is 0 Å². The number of carbonyl (C=O) groups is 3. The SMILES string of the molecule is CCOC(=O)C(CCc1ccccc1)NNC(=O)N1CCC[C@H]1C(=O)OC(C)(C)C. The number of ether oxygens (including phenoxy) is 2. The number of hydrogen-bond donors (Lipinski definition) is 2. The van der Waals surface area contributed by atoms with Gasteiger partial charge in [0.05, 0.1) is 6.61 Å². The molecule has 1 saturated heterocycles. The van der Waals surface area contributed by atoms with Crippen LogP contribution in [-0.2, 0) is 25.5 Å². The Morgan fingerprint density at radius 3 is 2.53 bits per heavy atom. The maximum Gasteiger partial charge on any atom is 0.332 e. The monoisotopic (exact) mass is 419 g/mol. The van der Waals surface area contributed by atoms with Crippen molar-refractivity contribution in [3.8, 4) is 0 Å². The van der Waals surface area contributed by atoms with Gasteiger partial charge in [0.25, 0.3) is 0 Å². The van der Waals surface area contributed by atoms with Crippen molar-refractivity contribution in [2.45, 2.75) is 71.1 Å². The van der Waals surface area contributed by atoms with E-state index in [1.807, 2.05) is 30.3 Å². The van der Waals surface area contributed by atoms with E-state index in [1.54, 1.807) is 27.7 Å². The van der Waals surface area contributed by atoms with Gasteiger partial charge in [0.2, 0.25) is 0 Å². The second-order valence-electron chi connectivity index (χ2n) is 8.29. The Kier molecular flexibility index (Phi) is 8.65. The summed E-state index contributed by atoms with van der Waals surface area (Å²) in [7, 11) is 0. The van der Waals surface area contributed by atoms with E-state index < -0.39 is 35.7 Å². The summed E-state index contributed by atoms with van der Waals surface area (Å²) in [5, 5.41) is 0. The lowest BCUT2D eigenvalue weighted by molar-refractivity contribution is -0.159. The average Bonchev–Trinajstić information content (AvgIpc) is 3.17. The van der Waals surface area contributed by atoms with Gasteiger partial charge >= 0.3 is 18.0 Å². The zero-order valence-electron chi connectivity index (χ0n) is 18.3. The first-order chi connectivity index (χ1) is 14.2. The number of aryl methyl sites for hydroxylation is 1. The molecule has 1 aromatic rings. The highest BCUT2D eigenvalue weighted by Crippen LogP contribution is 2.21. The molecule has 0 aliphatic carbocycles. The lowest BCUT2D eigenvalue weighted by Gasteiger charge is -2.28. The highest BCUT2D eigenvalue weighted by Gasteiger charge is 2.37. The van der Waals surface area contributed by atoms with Crippen molar-refractivity contribution in [1.82, 2.24) is 15.8 Å². The van der Waals surface area contributed by atoms with Crippen molar-refractivity contribution in [2.75, 3.05) is 13.2 Å². The molecule has 0 saturated carbocycles. The van der Waals surface area contributed by atoms with Crippen molar-refractivity contribution in [3.63, 3.8) is 0 Å². The molecule has 30 heavy (non-hydrogen) atoms. The summed E-state index contributed by atoms with van der Waals surface area (Å²) in [5.41, 5.74) is 5.84. The molecule has 1 aromatic carbocycles. The van der Waals surface area contributed by atoms with Crippen LogP contribution in [0, 0.1) is 0 Å². The van der Waals surface area contributed by atoms with Gasteiger partial charge in [-0.25, -0.2) is 15.0 Å². The maximum absolute atomic E-state index is 12.7. The van der Waals surface area contributed by atoms with Crippen molar-refractivity contribution in [3.05, 3.63) is 35.9 Å². The van der Waals surface area contributed by atoms with Crippen LogP contribution in [0.25, 0.3) is 0 Å². The molecule has 0 radical (unpaired) electrons. The van der Waals surface area contributed by atoms with Crippen LogP contribution in [0.3, 0.4) is 0 Å². The summed E-state index contributed by atoms with van der Waals surface area (Å²) >= 11 is 0. The van der Waals surface area contributed by atoms with Crippen molar-refractivity contribution in [2.24, 2.45) is 0 Å². The number of benzene rings is 1. The number of rotatable bonds is 8. The highest BCUT2D eigenvalue weighted by atomic mass is 16.6. The quantitative estimate of drug-likeness (QED) is 0.497. The fourth-order valence-corrected chi connectivity index (χ4v) is 3.29. The number of nitrogens with one attached hydrogen (secondary N) is 2. The zero-order valence-corrected chi connectivity index (χ0v) is 18.3. The minimum Gasteiger partial charge on any atom is -0.465 e. The summed E-state index contributed by atoms with van der Waals surface area (Å²) in [5.74, 6) is -0.847. The molecule has 2 amide bonds. The summed E-state index contributed by atoms with van der Waals surface area (Å²) in [6.07, 6.45) is 2.38. The standard InChI is InChI=1S/C22H33N3O5/c1-5-29-19(26)17(14-13-16-10-7-6-8-11-16)23-24-21(28)25-15-9-12-18(25)20(27)30-22(2,3)4/h6-8,10-11,17-18,23H,5,9,12-15H2,1-4H3,(H,24,28)/t17?,18-/m0/s1. The number of hydrazine groups is 1. The molecular weight excluding hydrogens is 386 g/mol. The summed E-state index contributed by atoms with van der Waals surface area (Å²) in [6.45, 7) is 7.82. The second-order valence-corrected chi connectivity index (χ2v) is 8.29. The molecule has 1 fully saturated rings. The average molecular weight is 420 g/mol. The Hall–Kier alpha value is -2.61. The Labute approximate surface area is 178 Å². The Balaban J connectivity index is 1.94.